The second kappa shape index (κ2) is 28.7. The van der Waals surface area contributed by atoms with Crippen LogP contribution in [-0.4, -0.2) is 151 Å². The summed E-state index contributed by atoms with van der Waals surface area (Å²) in [5.74, 6) is 0.667. The molecule has 79 heavy (non-hydrogen) atoms. The molecule has 0 amide bonds. The molecule has 4 aromatic heterocycles. The van der Waals surface area contributed by atoms with Gasteiger partial charge in [0.25, 0.3) is 0 Å². The van der Waals surface area contributed by atoms with Gasteiger partial charge in [-0.3, -0.25) is 15.0 Å². The first-order valence-electron chi connectivity index (χ1n) is 25.3. The quantitative estimate of drug-likeness (QED) is 0.0400. The van der Waals surface area contributed by atoms with Crippen LogP contribution in [0.4, 0.5) is 0 Å². The molecule has 32 heteroatoms. The van der Waals surface area contributed by atoms with Crippen LogP contribution >= 0.6 is 11.6 Å². The molecule has 7 saturated heterocycles. The van der Waals surface area contributed by atoms with Gasteiger partial charge in [-0.05, 0) is 12.8 Å². The average Bonchev–Trinajstić information content (AvgIpc) is 4.24. The Morgan fingerprint density at radius 2 is 0.608 bits per heavy atom. The normalized spacial score (nSPS) is 21.7. The minimum Gasteiger partial charge on any atom is -0.372 e. The van der Waals surface area contributed by atoms with Crippen molar-refractivity contribution >= 4 is 11.6 Å². The topological polar surface area (TPSA) is 384 Å². The fraction of sp³-hybridized carbons (Fsp3) is 0.617. The Kier molecular flexibility index (Phi) is 22.2. The monoisotopic (exact) mass is 1140 g/mol. The number of alkyl halides is 1. The van der Waals surface area contributed by atoms with Crippen LogP contribution in [0.2, 0.25) is 0 Å². The number of hydrogen-bond acceptors (Lipinski definition) is 19. The Morgan fingerprint density at radius 3 is 0.772 bits per heavy atom. The van der Waals surface area contributed by atoms with Crippen molar-refractivity contribution in [2.75, 3.05) is 52.1 Å². The molecule has 7 fully saturated rings. The van der Waals surface area contributed by atoms with Crippen LogP contribution in [0, 0.1) is 0 Å². The molecule has 0 aliphatic carbocycles. The number of ether oxygens (including phenoxy) is 7. The highest BCUT2D eigenvalue weighted by Gasteiger charge is 2.32. The molecular formula is C47H65ClN12O19. The van der Waals surface area contributed by atoms with Gasteiger partial charge >= 0.3 is 68.3 Å². The summed E-state index contributed by atoms with van der Waals surface area (Å²) < 4.78 is 44.6. The highest BCUT2D eigenvalue weighted by molar-refractivity contribution is 6.18. The lowest BCUT2D eigenvalue weighted by Crippen LogP contribution is -2.55. The van der Waals surface area contributed by atoms with Crippen LogP contribution in [0.3, 0.4) is 0 Å². The lowest BCUT2D eigenvalue weighted by molar-refractivity contribution is 0.339. The summed E-state index contributed by atoms with van der Waals surface area (Å²) in [7, 11) is 0. The van der Waals surface area contributed by atoms with Gasteiger partial charge in [0.05, 0.1) is 147 Å². The highest BCUT2D eigenvalue weighted by Crippen LogP contribution is 2.13. The van der Waals surface area contributed by atoms with E-state index >= 15 is 0 Å². The molecule has 0 radical (unpaired) electrons. The van der Waals surface area contributed by atoms with Crippen molar-refractivity contribution in [2.45, 2.75) is 135 Å². The lowest BCUT2D eigenvalue weighted by Gasteiger charge is -2.12. The summed E-state index contributed by atoms with van der Waals surface area (Å²) in [6.07, 6.45) is 7.14. The summed E-state index contributed by atoms with van der Waals surface area (Å²) in [5, 5.41) is 0. The summed E-state index contributed by atoms with van der Waals surface area (Å²) in [6, 6.07) is 0. The Hall–Kier alpha value is -7.13. The minimum absolute atomic E-state index is 0.0645. The molecular weight excluding hydrogens is 1070 g/mol. The molecule has 7 aliphatic heterocycles. The number of epoxide rings is 7. The van der Waals surface area contributed by atoms with Crippen LogP contribution < -0.4 is 68.3 Å². The van der Waals surface area contributed by atoms with E-state index < -0.39 is 68.3 Å². The smallest absolute Gasteiger partial charge is 0.336 e. The number of rotatable bonds is 21. The van der Waals surface area contributed by atoms with E-state index in [1.165, 1.54) is 12.2 Å². The molecule has 434 valence electrons. The number of aromatic nitrogens is 12. The maximum absolute atomic E-state index is 12.4. The van der Waals surface area contributed by atoms with E-state index in [9.17, 15) is 57.5 Å². The van der Waals surface area contributed by atoms with Crippen LogP contribution in [0.1, 0.15) is 33.1 Å². The largest absolute Gasteiger partial charge is 0.372 e. The van der Waals surface area contributed by atoms with Crippen LogP contribution in [0.15, 0.2) is 95.5 Å². The van der Waals surface area contributed by atoms with E-state index in [1.54, 1.807) is 15.0 Å². The van der Waals surface area contributed by atoms with Gasteiger partial charge in [-0.1, -0.05) is 38.5 Å². The lowest BCUT2D eigenvalue weighted by atomic mass is 10.3. The molecule has 7 atom stereocenters. The first-order valence-corrected chi connectivity index (χ1v) is 25.9. The van der Waals surface area contributed by atoms with Gasteiger partial charge in [-0.25, -0.2) is 98.6 Å². The number of aromatic amines is 3. The zero-order chi connectivity index (χ0) is 57.5. The SMILES string of the molecule is C=CCC.C=CCn1c(=O)n(CC2CO2)c(=O)n(CC2CO2)c1=O.C=CCn1c(=O)n(CC2CO2)c(=O)n(CC2CO2)c1=O.CCCCn1c(=O)n(CC2CO2)c(=O)n(CC2CO2)c1=O.ClCC1CO1.O=c1[nH]c(=O)[nH]c(=O)[nH]1. The number of halogens is 1. The van der Waals surface area contributed by atoms with Crippen molar-refractivity contribution in [3.05, 3.63) is 164 Å². The maximum Gasteiger partial charge on any atom is 0.336 e. The third-order valence-electron chi connectivity index (χ3n) is 11.8. The summed E-state index contributed by atoms with van der Waals surface area (Å²) in [5.41, 5.74) is -7.75. The second-order valence-corrected chi connectivity index (χ2v) is 18.7. The van der Waals surface area contributed by atoms with Crippen molar-refractivity contribution in [2.24, 2.45) is 0 Å². The summed E-state index contributed by atoms with van der Waals surface area (Å²) in [4.78, 5) is 146. The first-order chi connectivity index (χ1) is 37.9. The Labute approximate surface area is 450 Å². The van der Waals surface area contributed by atoms with Gasteiger partial charge in [0, 0.05) is 6.54 Å². The zero-order valence-corrected chi connectivity index (χ0v) is 44.5. The minimum atomic E-state index is -0.802. The molecule has 0 bridgehead atoms. The predicted octanol–water partition coefficient (Wildman–Crippen LogP) is -4.96. The van der Waals surface area contributed by atoms with Crippen molar-refractivity contribution in [3.63, 3.8) is 0 Å². The summed E-state index contributed by atoms with van der Waals surface area (Å²) >= 11 is 5.27. The molecule has 3 N–H and O–H groups in total. The molecule has 0 saturated carbocycles. The number of unbranched alkanes of at least 4 members (excludes halogenated alkanes) is 1. The van der Waals surface area contributed by atoms with Gasteiger partial charge in [0.1, 0.15) is 0 Å². The van der Waals surface area contributed by atoms with Gasteiger partial charge in [-0.15, -0.1) is 31.3 Å². The van der Waals surface area contributed by atoms with E-state index in [-0.39, 0.29) is 89.0 Å². The predicted molar refractivity (Wildman–Crippen MR) is 281 cm³/mol. The molecule has 11 heterocycles. The summed E-state index contributed by atoms with van der Waals surface area (Å²) in [6.45, 7) is 20.2. The maximum atomic E-state index is 12.4. The Balaban J connectivity index is 0.000000165. The average molecular weight is 1140 g/mol. The van der Waals surface area contributed by atoms with Crippen molar-refractivity contribution < 1.29 is 33.2 Å². The highest BCUT2D eigenvalue weighted by atomic mass is 35.5. The van der Waals surface area contributed by atoms with Crippen LogP contribution in [0.5, 0.6) is 0 Å². The van der Waals surface area contributed by atoms with E-state index in [0.29, 0.717) is 64.6 Å². The molecule has 0 aromatic carbocycles. The van der Waals surface area contributed by atoms with E-state index in [2.05, 4.69) is 26.7 Å². The van der Waals surface area contributed by atoms with Gasteiger partial charge < -0.3 is 33.2 Å². The number of allylic oxidation sites excluding steroid dienone is 3. The van der Waals surface area contributed by atoms with E-state index in [4.69, 9.17) is 44.8 Å². The molecule has 31 nitrogen and oxygen atoms in total. The van der Waals surface area contributed by atoms with E-state index in [1.807, 2.05) is 13.0 Å². The van der Waals surface area contributed by atoms with Crippen molar-refractivity contribution in [1.29, 1.82) is 0 Å². The standard InChI is InChI=1S/C13H19N3O5.2C12H15N3O5.C4H8.C3H5ClO.C3H3N3O3/c1-2-3-4-14-11(17)15(5-9-7-20-9)13(19)16(12(14)18)6-10-8-21-10;2*1-2-3-13-10(16)14(4-8-6-19-8)12(18)15(11(13)17)5-9-7-20-9;1-3-4-2;4-1-3-2-5-3;7-1-4-2(8)6-3(9)5-1/h9-10H,2-8H2,1H3;2*2,8-9H,1,3-7H2;3H,1,4H2,2H3;3H,1-2H2;(H3,4,5,6,7,8,9). The zero-order valence-electron chi connectivity index (χ0n) is 43.7. The van der Waals surface area contributed by atoms with E-state index in [0.717, 1.165) is 60.6 Å². The third kappa shape index (κ3) is 18.5. The molecule has 7 aliphatic rings. The Morgan fingerprint density at radius 1 is 0.392 bits per heavy atom. The molecule has 11 rings (SSSR count). The number of hydrogen-bond donors (Lipinski definition) is 3. The fourth-order valence-electron chi connectivity index (χ4n) is 6.89. The van der Waals surface area contributed by atoms with Crippen molar-refractivity contribution in [1.82, 2.24) is 56.1 Å². The molecule has 7 unspecified atom stereocenters. The second-order valence-electron chi connectivity index (χ2n) is 18.4. The first kappa shape index (κ1) is 61.1. The van der Waals surface area contributed by atoms with Gasteiger partial charge in [0.2, 0.25) is 0 Å². The number of H-pyrrole nitrogens is 3. The van der Waals surface area contributed by atoms with Gasteiger partial charge in [0.15, 0.2) is 0 Å². The fourth-order valence-corrected chi connectivity index (χ4v) is 7.06. The molecule has 4 aromatic rings. The van der Waals surface area contributed by atoms with Crippen LogP contribution in [0.25, 0.3) is 0 Å². The van der Waals surface area contributed by atoms with Crippen molar-refractivity contribution in [3.8, 4) is 0 Å². The van der Waals surface area contributed by atoms with Gasteiger partial charge in [-0.2, -0.15) is 0 Å². The Bertz CT molecular complexity index is 3170. The third-order valence-corrected chi connectivity index (χ3v) is 12.1. The van der Waals surface area contributed by atoms with Crippen LogP contribution in [-0.2, 0) is 92.1 Å². The number of nitrogens with one attached hydrogen (secondary N) is 3. The number of nitrogens with zero attached hydrogens (tertiary/aromatic N) is 9. The molecule has 0 spiro atoms.